The molecular weight excluding hydrogens is 587 g/mol. The van der Waals surface area contributed by atoms with Crippen molar-refractivity contribution in [2.24, 2.45) is 17.6 Å². The van der Waals surface area contributed by atoms with Crippen LogP contribution in [0.15, 0.2) is 24.3 Å². The third-order valence-corrected chi connectivity index (χ3v) is 7.31. The molecule has 0 heterocycles. The Morgan fingerprint density at radius 3 is 1.95 bits per heavy atom. The van der Waals surface area contributed by atoms with Gasteiger partial charge in [-0.15, -0.1) is 0 Å². The fourth-order valence-electron chi connectivity index (χ4n) is 3.53. The summed E-state index contributed by atoms with van der Waals surface area (Å²) in [5, 5.41) is 17.1. The minimum absolute atomic E-state index is 0.000282. The number of carboxylic acids is 1. The third kappa shape index (κ3) is 13.7. The van der Waals surface area contributed by atoms with Gasteiger partial charge in [0, 0.05) is 20.4 Å². The fourth-order valence-corrected chi connectivity index (χ4v) is 4.65. The largest absolute Gasteiger partial charge is 0.651 e. The van der Waals surface area contributed by atoms with Crippen molar-refractivity contribution in [1.29, 1.82) is 0 Å². The van der Waals surface area contributed by atoms with Crippen molar-refractivity contribution in [3.8, 4) is 5.75 Å². The number of carbonyl (C=O) groups is 6. The molecule has 16 heteroatoms. The van der Waals surface area contributed by atoms with Crippen LogP contribution in [0.5, 0.6) is 5.75 Å². The molecule has 43 heavy (non-hydrogen) atoms. The van der Waals surface area contributed by atoms with E-state index in [1.165, 1.54) is 24.3 Å². The number of nitrogens with one attached hydrogen (secondary N) is 3. The van der Waals surface area contributed by atoms with Gasteiger partial charge in [-0.1, -0.05) is 46.2 Å². The second-order valence-corrected chi connectivity index (χ2v) is 11.8. The van der Waals surface area contributed by atoms with Crippen LogP contribution in [0.4, 0.5) is 0 Å². The lowest BCUT2D eigenvalue weighted by Gasteiger charge is -2.26. The number of carboxylic acid groups (broad SMARTS) is 1. The summed E-state index contributed by atoms with van der Waals surface area (Å²) in [4.78, 5) is 72.3. The zero-order valence-corrected chi connectivity index (χ0v) is 26.0. The number of phosphoric acid groups is 1. The van der Waals surface area contributed by atoms with Crippen molar-refractivity contribution in [3.63, 3.8) is 0 Å². The van der Waals surface area contributed by atoms with Gasteiger partial charge in [-0.05, 0) is 36.0 Å². The first kappa shape index (κ1) is 37.1. The van der Waals surface area contributed by atoms with E-state index in [-0.39, 0.29) is 18.1 Å². The van der Waals surface area contributed by atoms with Crippen LogP contribution in [0, 0.1) is 11.8 Å². The highest BCUT2D eigenvalue weighted by Crippen LogP contribution is 2.49. The molecule has 1 aromatic rings. The molecule has 0 fully saturated rings. The molecule has 0 aliphatic heterocycles. The summed E-state index contributed by atoms with van der Waals surface area (Å²) in [5.41, 5.74) is 6.62. The molecule has 3 amide bonds. The average Bonchev–Trinajstić information content (AvgIpc) is 2.89. The van der Waals surface area contributed by atoms with E-state index in [4.69, 9.17) is 10.3 Å². The molecule has 15 nitrogen and oxygen atoms in total. The molecule has 6 N–H and O–H groups in total. The molecule has 0 spiro atoms. The zero-order chi connectivity index (χ0) is 32.9. The van der Waals surface area contributed by atoms with E-state index in [9.17, 15) is 38.4 Å². The van der Waals surface area contributed by atoms with Crippen LogP contribution in [-0.2, 0) is 48.8 Å². The van der Waals surface area contributed by atoms with Crippen LogP contribution < -0.4 is 26.2 Å². The average molecular weight is 629 g/mol. The van der Waals surface area contributed by atoms with Crippen molar-refractivity contribution in [1.82, 2.24) is 16.0 Å². The molecule has 0 aliphatic carbocycles. The number of nitrogens with two attached hydrogens (primary N) is 1. The monoisotopic (exact) mass is 628 g/mol. The number of aliphatic carboxylic acids is 1. The summed E-state index contributed by atoms with van der Waals surface area (Å²) in [6.07, 6.45) is -0.0160. The Labute approximate surface area is 250 Å². The zero-order valence-electron chi connectivity index (χ0n) is 25.1. The van der Waals surface area contributed by atoms with Gasteiger partial charge in [0.2, 0.25) is 17.7 Å². The number of carbonyl (C=O) groups excluding carboxylic acids is 5. The Balaban J connectivity index is 2.91. The summed E-state index contributed by atoms with van der Waals surface area (Å²) < 4.78 is 26.7. The van der Waals surface area contributed by atoms with Gasteiger partial charge in [-0.25, -0.2) is 4.79 Å². The Morgan fingerprint density at radius 1 is 0.930 bits per heavy atom. The van der Waals surface area contributed by atoms with Crippen molar-refractivity contribution in [2.45, 2.75) is 78.9 Å². The van der Waals surface area contributed by atoms with Gasteiger partial charge in [-0.2, -0.15) is 4.57 Å². The number of rotatable bonds is 17. The molecule has 0 radical (unpaired) electrons. The van der Waals surface area contributed by atoms with Gasteiger partial charge in [0.05, 0.1) is 12.5 Å². The Bertz CT molecular complexity index is 1190. The van der Waals surface area contributed by atoms with E-state index in [0.29, 0.717) is 18.5 Å². The summed E-state index contributed by atoms with van der Waals surface area (Å²) in [6, 6.07) is 1.86. The van der Waals surface area contributed by atoms with E-state index in [0.717, 1.165) is 13.8 Å². The van der Waals surface area contributed by atoms with Gasteiger partial charge < -0.3 is 40.4 Å². The molecule has 240 valence electrons. The number of hydrogen-bond acceptors (Lipinski definition) is 11. The second-order valence-electron chi connectivity index (χ2n) is 10.3. The molecule has 0 aliphatic rings. The SMILES string of the molecule is CC[C@H](C)[C@H](NC(=O)[C@@H](N)Cc1ccc(OP(=O)(OC(C)=O)OC(C)=O)cc1)C(=O)N[C@@H](CC(=O)NCC(C)C)C(=O)O. The molecule has 0 unspecified atom stereocenters. The number of hydrogen-bond donors (Lipinski definition) is 5. The first-order chi connectivity index (χ1) is 20.0. The van der Waals surface area contributed by atoms with E-state index < -0.39 is 73.9 Å². The normalized spacial score (nSPS) is 14.0. The number of benzene rings is 1. The minimum Gasteiger partial charge on any atom is -0.480 e. The van der Waals surface area contributed by atoms with Crippen molar-refractivity contribution in [2.75, 3.05) is 6.54 Å². The molecule has 0 aromatic heterocycles. The van der Waals surface area contributed by atoms with Crippen LogP contribution >= 0.6 is 7.82 Å². The van der Waals surface area contributed by atoms with Crippen LogP contribution in [0.25, 0.3) is 0 Å². The molecule has 0 saturated carbocycles. The smallest absolute Gasteiger partial charge is 0.480 e. The molecule has 1 aromatic carbocycles. The molecular formula is C27H41N4O11P. The summed E-state index contributed by atoms with van der Waals surface area (Å²) >= 11 is 0. The Hall–Kier alpha value is -3.97. The van der Waals surface area contributed by atoms with Crippen molar-refractivity contribution >= 4 is 43.5 Å². The highest BCUT2D eigenvalue weighted by molar-refractivity contribution is 7.50. The molecule has 4 atom stereocenters. The van der Waals surface area contributed by atoms with Gasteiger partial charge >= 0.3 is 25.7 Å². The van der Waals surface area contributed by atoms with Crippen molar-refractivity contribution in [3.05, 3.63) is 29.8 Å². The number of amides is 3. The lowest BCUT2D eigenvalue weighted by Crippen LogP contribution is -2.57. The highest BCUT2D eigenvalue weighted by atomic mass is 31.2. The van der Waals surface area contributed by atoms with Crippen LogP contribution in [-0.4, -0.2) is 65.4 Å². The maximum atomic E-state index is 13.0. The van der Waals surface area contributed by atoms with Crippen LogP contribution in [0.2, 0.25) is 0 Å². The Kier molecular flexibility index (Phi) is 14.8. The van der Waals surface area contributed by atoms with Gasteiger partial charge in [0.15, 0.2) is 0 Å². The number of phosphoric ester groups is 1. The van der Waals surface area contributed by atoms with E-state index >= 15 is 0 Å². The summed E-state index contributed by atoms with van der Waals surface area (Å²) in [7, 11) is -4.57. The van der Waals surface area contributed by atoms with Gasteiger partial charge in [0.25, 0.3) is 0 Å². The predicted octanol–water partition coefficient (Wildman–Crippen LogP) is 1.43. The molecule has 0 saturated heterocycles. The second kappa shape index (κ2) is 17.2. The lowest BCUT2D eigenvalue weighted by molar-refractivity contribution is -0.144. The van der Waals surface area contributed by atoms with Crippen LogP contribution in [0.1, 0.15) is 59.9 Å². The fraction of sp³-hybridized carbons (Fsp3) is 0.556. The predicted molar refractivity (Wildman–Crippen MR) is 153 cm³/mol. The quantitative estimate of drug-likeness (QED) is 0.154. The third-order valence-electron chi connectivity index (χ3n) is 5.92. The van der Waals surface area contributed by atoms with E-state index in [1.54, 1.807) is 13.8 Å². The van der Waals surface area contributed by atoms with E-state index in [2.05, 4.69) is 25.0 Å². The highest BCUT2D eigenvalue weighted by Gasteiger charge is 2.35. The van der Waals surface area contributed by atoms with Gasteiger partial charge in [0.1, 0.15) is 17.8 Å². The molecule has 1 rings (SSSR count). The summed E-state index contributed by atoms with van der Waals surface area (Å²) in [6.45, 7) is 9.52. The Morgan fingerprint density at radius 2 is 1.49 bits per heavy atom. The lowest BCUT2D eigenvalue weighted by atomic mass is 9.96. The minimum atomic E-state index is -4.57. The van der Waals surface area contributed by atoms with Crippen LogP contribution in [0.3, 0.4) is 0 Å². The summed E-state index contributed by atoms with van der Waals surface area (Å²) in [5.74, 6) is -5.69. The maximum Gasteiger partial charge on any atom is 0.651 e. The van der Waals surface area contributed by atoms with E-state index in [1.807, 2.05) is 13.8 Å². The first-order valence-electron chi connectivity index (χ1n) is 13.6. The maximum absolute atomic E-state index is 13.0. The van der Waals surface area contributed by atoms with Gasteiger partial charge in [-0.3, -0.25) is 24.0 Å². The van der Waals surface area contributed by atoms with Crippen molar-refractivity contribution < 1.29 is 52.0 Å². The first-order valence-corrected chi connectivity index (χ1v) is 15.1. The molecule has 0 bridgehead atoms. The standard InChI is InChI=1S/C27H41N4O11P/c1-7-16(4)24(26(36)30-22(27(37)38)13-23(34)29-14-15(2)3)31-25(35)21(28)12-19-8-10-20(11-9-19)42-43(39,40-17(5)32)41-18(6)33/h8-11,15-16,21-22,24H,7,12-14,28H2,1-6H3,(H,29,34)(H,30,36)(H,31,35)(H,37,38)/t16-,21-,22-,24-/m0/s1. The topological polar surface area (TPSA) is 230 Å².